The van der Waals surface area contributed by atoms with Gasteiger partial charge in [-0.2, -0.15) is 0 Å². The third-order valence-corrected chi connectivity index (χ3v) is 15.6. The Morgan fingerprint density at radius 2 is 1.52 bits per heavy atom. The maximum absolute atomic E-state index is 14.5. The van der Waals surface area contributed by atoms with Crippen LogP contribution in [0, 0.1) is 50.2 Å². The highest BCUT2D eigenvalue weighted by atomic mass is 16.7. The first-order valence-electron chi connectivity index (χ1n) is 18.2. The molecule has 0 aromatic rings. The van der Waals surface area contributed by atoms with Crippen LogP contribution in [-0.2, 0) is 23.8 Å². The van der Waals surface area contributed by atoms with Gasteiger partial charge in [-0.15, -0.1) is 0 Å². The fraction of sp³-hybridized carbons (Fsp3) is 0.892. The van der Waals surface area contributed by atoms with Crippen LogP contribution in [0.2, 0.25) is 0 Å². The lowest BCUT2D eigenvalue weighted by molar-refractivity contribution is -0.298. The smallest absolute Gasteiger partial charge is 0.315 e. The Hall–Kier alpha value is -1.68. The van der Waals surface area contributed by atoms with Crippen LogP contribution in [0.25, 0.3) is 0 Å². The molecule has 1 aliphatic heterocycles. The number of aliphatic hydroxyl groups is 8. The third-order valence-electron chi connectivity index (χ3n) is 15.6. The molecule has 0 amide bonds. The first-order valence-corrected chi connectivity index (χ1v) is 18.2. The minimum absolute atomic E-state index is 0.182. The number of esters is 2. The quantitative estimate of drug-likeness (QED) is 0.145. The maximum Gasteiger partial charge on any atom is 0.315 e. The van der Waals surface area contributed by atoms with Crippen LogP contribution in [0.1, 0.15) is 86.0 Å². The third kappa shape index (κ3) is 4.97. The van der Waals surface area contributed by atoms with Gasteiger partial charge in [0.15, 0.2) is 0 Å². The summed E-state index contributed by atoms with van der Waals surface area (Å²) in [5.74, 6) is -2.23. The number of ether oxygens (including phenoxy) is 3. The molecule has 0 aromatic carbocycles. The van der Waals surface area contributed by atoms with Crippen molar-refractivity contribution in [3.8, 4) is 0 Å². The molecule has 1 saturated heterocycles. The number of carbonyl (C=O) groups excluding carboxylic acids is 2. The van der Waals surface area contributed by atoms with Crippen LogP contribution in [-0.4, -0.2) is 122 Å². The molecule has 50 heavy (non-hydrogen) atoms. The maximum atomic E-state index is 14.5. The van der Waals surface area contributed by atoms with Gasteiger partial charge in [0.2, 0.25) is 6.29 Å². The highest BCUT2D eigenvalue weighted by Gasteiger charge is 2.73. The molecular weight excluding hydrogens is 652 g/mol. The van der Waals surface area contributed by atoms with E-state index < -0.39 is 106 Å². The molecule has 0 spiro atoms. The number of carbonyl (C=O) groups is 2. The second-order valence-electron chi connectivity index (χ2n) is 17.9. The molecule has 4 saturated carbocycles. The zero-order valence-electron chi connectivity index (χ0n) is 30.1. The van der Waals surface area contributed by atoms with E-state index in [2.05, 4.69) is 20.8 Å². The first-order chi connectivity index (χ1) is 23.2. The molecule has 6 rings (SSSR count). The molecule has 5 fully saturated rings. The van der Waals surface area contributed by atoms with E-state index in [0.717, 1.165) is 5.57 Å². The molecule has 0 radical (unpaired) electrons. The zero-order chi connectivity index (χ0) is 37.0. The van der Waals surface area contributed by atoms with Crippen molar-refractivity contribution in [2.45, 2.75) is 135 Å². The molecule has 5 aliphatic carbocycles. The molecular formula is C37H58O13. The van der Waals surface area contributed by atoms with Crippen molar-refractivity contribution >= 4 is 11.9 Å². The summed E-state index contributed by atoms with van der Waals surface area (Å²) in [4.78, 5) is 27.8. The van der Waals surface area contributed by atoms with E-state index in [9.17, 15) is 50.4 Å². The topological polar surface area (TPSA) is 224 Å². The summed E-state index contributed by atoms with van der Waals surface area (Å²) in [6.45, 7) is 9.04. The average Bonchev–Trinajstić information content (AvgIpc) is 3.07. The molecule has 6 aliphatic rings. The summed E-state index contributed by atoms with van der Waals surface area (Å²) < 4.78 is 16.7. The standard InChI is InChI=1S/C37H58O13/c1-32(30(46)48-6)9-11-37(31(47)50-29-26(44)25(43)24(42)22(16-38)49-29)12-10-35(4)18(19(37)14-32)13-20(40)27-33(2)15-21(41)28(45)34(3,17-39)23(33)7-8-36(27,35)5/h13,19-29,38-45H,7-12,14-17H2,1-6H3. The van der Waals surface area contributed by atoms with E-state index >= 15 is 0 Å². The highest BCUT2D eigenvalue weighted by Crippen LogP contribution is 2.76. The normalized spacial score (nSPS) is 54.6. The van der Waals surface area contributed by atoms with Crippen LogP contribution < -0.4 is 0 Å². The molecule has 13 nitrogen and oxygen atoms in total. The van der Waals surface area contributed by atoms with Gasteiger partial charge in [-0.05, 0) is 86.4 Å². The monoisotopic (exact) mass is 710 g/mol. The SMILES string of the molecule is COC(=O)C1(C)CCC2(C(=O)OC3OC(CO)C(O)C(O)C3O)CCC3(C)C(=CC(O)C4C5(C)CC(O)C(O)C(C)(CO)C5CCC43C)C2C1. The average molecular weight is 711 g/mol. The number of methoxy groups -OCH3 is 1. The van der Waals surface area contributed by atoms with Crippen molar-refractivity contribution in [2.24, 2.45) is 50.2 Å². The Balaban J connectivity index is 1.43. The Morgan fingerprint density at radius 1 is 0.860 bits per heavy atom. The summed E-state index contributed by atoms with van der Waals surface area (Å²) >= 11 is 0. The molecule has 8 N–H and O–H groups in total. The second-order valence-corrected chi connectivity index (χ2v) is 17.9. The lowest BCUT2D eigenvalue weighted by Gasteiger charge is -2.72. The van der Waals surface area contributed by atoms with Gasteiger partial charge in [0, 0.05) is 11.3 Å². The number of hydrogen-bond donors (Lipinski definition) is 8. The van der Waals surface area contributed by atoms with E-state index in [1.165, 1.54) is 7.11 Å². The minimum atomic E-state index is -1.77. The molecule has 1 heterocycles. The number of aliphatic hydroxyl groups excluding tert-OH is 8. The van der Waals surface area contributed by atoms with Crippen molar-refractivity contribution in [1.29, 1.82) is 0 Å². The Labute approximate surface area is 293 Å². The second kappa shape index (κ2) is 12.4. The lowest BCUT2D eigenvalue weighted by atomic mass is 9.33. The van der Waals surface area contributed by atoms with Crippen LogP contribution in [0.4, 0.5) is 0 Å². The van der Waals surface area contributed by atoms with Gasteiger partial charge in [-0.3, -0.25) is 9.59 Å². The number of hydrogen-bond acceptors (Lipinski definition) is 13. The van der Waals surface area contributed by atoms with Gasteiger partial charge < -0.3 is 55.1 Å². The van der Waals surface area contributed by atoms with Crippen molar-refractivity contribution in [2.75, 3.05) is 20.3 Å². The van der Waals surface area contributed by atoms with Crippen molar-refractivity contribution in [3.63, 3.8) is 0 Å². The molecule has 0 aromatic heterocycles. The first kappa shape index (κ1) is 38.1. The predicted molar refractivity (Wildman–Crippen MR) is 175 cm³/mol. The van der Waals surface area contributed by atoms with E-state index in [1.807, 2.05) is 19.9 Å². The van der Waals surface area contributed by atoms with Gasteiger partial charge in [0.25, 0.3) is 0 Å². The lowest BCUT2D eigenvalue weighted by Crippen LogP contribution is -2.70. The molecule has 0 bridgehead atoms. The molecule has 284 valence electrons. The number of rotatable bonds is 5. The van der Waals surface area contributed by atoms with E-state index in [1.54, 1.807) is 0 Å². The molecule has 17 atom stereocenters. The summed E-state index contributed by atoms with van der Waals surface area (Å²) in [7, 11) is 1.33. The number of allylic oxidation sites excluding steroid dienone is 1. The van der Waals surface area contributed by atoms with Gasteiger partial charge in [-0.25, -0.2) is 0 Å². The van der Waals surface area contributed by atoms with E-state index in [0.29, 0.717) is 32.1 Å². The fourth-order valence-electron chi connectivity index (χ4n) is 12.5. The minimum Gasteiger partial charge on any atom is -0.469 e. The highest BCUT2D eigenvalue weighted by molar-refractivity contribution is 5.81. The van der Waals surface area contributed by atoms with Gasteiger partial charge in [-0.1, -0.05) is 39.3 Å². The fourth-order valence-corrected chi connectivity index (χ4v) is 12.5. The van der Waals surface area contributed by atoms with Crippen LogP contribution in [0.3, 0.4) is 0 Å². The van der Waals surface area contributed by atoms with Gasteiger partial charge >= 0.3 is 11.9 Å². The van der Waals surface area contributed by atoms with Crippen LogP contribution in [0.15, 0.2) is 11.6 Å². The van der Waals surface area contributed by atoms with E-state index in [4.69, 9.17) is 14.2 Å². The Bertz CT molecular complexity index is 1390. The molecule has 17 unspecified atom stereocenters. The van der Waals surface area contributed by atoms with Crippen LogP contribution in [0.5, 0.6) is 0 Å². The van der Waals surface area contributed by atoms with Crippen molar-refractivity contribution < 1.29 is 64.7 Å². The Morgan fingerprint density at radius 3 is 2.14 bits per heavy atom. The number of fused-ring (bicyclic) bond motifs is 7. The largest absolute Gasteiger partial charge is 0.469 e. The van der Waals surface area contributed by atoms with Gasteiger partial charge in [0.05, 0.1) is 49.5 Å². The van der Waals surface area contributed by atoms with Crippen molar-refractivity contribution in [3.05, 3.63) is 11.6 Å². The van der Waals surface area contributed by atoms with Gasteiger partial charge in [0.1, 0.15) is 24.4 Å². The summed E-state index contributed by atoms with van der Waals surface area (Å²) in [5.41, 5.74) is -4.05. The molecule has 13 heteroatoms. The Kier molecular flexibility index (Phi) is 9.47. The summed E-state index contributed by atoms with van der Waals surface area (Å²) in [5, 5.41) is 86.3. The predicted octanol–water partition coefficient (Wildman–Crippen LogP) is 0.559. The zero-order valence-corrected chi connectivity index (χ0v) is 30.1. The summed E-state index contributed by atoms with van der Waals surface area (Å²) in [6.07, 6.45) is -6.19. The van der Waals surface area contributed by atoms with Crippen molar-refractivity contribution in [1.82, 2.24) is 0 Å². The summed E-state index contributed by atoms with van der Waals surface area (Å²) in [6, 6.07) is 0. The van der Waals surface area contributed by atoms with Crippen LogP contribution >= 0.6 is 0 Å². The van der Waals surface area contributed by atoms with E-state index in [-0.39, 0.29) is 37.7 Å².